The zero-order valence-corrected chi connectivity index (χ0v) is 16.3. The molecule has 0 aromatic heterocycles. The zero-order chi connectivity index (χ0) is 20.3. The van der Waals surface area contributed by atoms with E-state index in [0.717, 1.165) is 0 Å². The number of fused-ring (bicyclic) bond motifs is 2. The van der Waals surface area contributed by atoms with Crippen LogP contribution in [-0.2, 0) is 14.3 Å². The zero-order valence-electron chi connectivity index (χ0n) is 16.3. The molecule has 0 aliphatic carbocycles. The summed E-state index contributed by atoms with van der Waals surface area (Å²) in [4.78, 5) is 24.4. The summed E-state index contributed by atoms with van der Waals surface area (Å²) in [5, 5.41) is 5.75. The molecule has 0 saturated carbocycles. The van der Waals surface area contributed by atoms with Crippen LogP contribution in [0.15, 0.2) is 48.5 Å². The van der Waals surface area contributed by atoms with E-state index in [1.807, 2.05) is 36.4 Å². The van der Waals surface area contributed by atoms with E-state index in [2.05, 4.69) is 10.6 Å². The van der Waals surface area contributed by atoms with Crippen molar-refractivity contribution in [3.63, 3.8) is 0 Å². The molecule has 2 aromatic rings. The van der Waals surface area contributed by atoms with E-state index >= 15 is 0 Å². The highest BCUT2D eigenvalue weighted by molar-refractivity contribution is 5.93. The van der Waals surface area contributed by atoms with Crippen molar-refractivity contribution in [3.8, 4) is 11.5 Å². The fraction of sp³-hybridized carbons (Fsp3) is 0.364. The quantitative estimate of drug-likeness (QED) is 0.708. The first-order chi connectivity index (χ1) is 14.2. The number of benzene rings is 2. The van der Waals surface area contributed by atoms with Gasteiger partial charge in [-0.25, -0.2) is 0 Å². The lowest BCUT2D eigenvalue weighted by atomic mass is 10.1. The average molecular weight is 398 g/mol. The molecule has 0 saturated heterocycles. The molecule has 0 spiro atoms. The number of anilines is 2. The molecule has 2 aromatic carbocycles. The van der Waals surface area contributed by atoms with E-state index in [1.165, 1.54) is 0 Å². The molecule has 0 unspecified atom stereocenters. The second-order valence-corrected chi connectivity index (χ2v) is 6.61. The summed E-state index contributed by atoms with van der Waals surface area (Å²) >= 11 is 0. The normalized spacial score (nSPS) is 17.0. The summed E-state index contributed by atoms with van der Waals surface area (Å²) in [6, 6.07) is 14.6. The molecule has 0 bridgehead atoms. The Balaban J connectivity index is 1.63. The van der Waals surface area contributed by atoms with Gasteiger partial charge in [0, 0.05) is 12.8 Å². The fourth-order valence-corrected chi connectivity index (χ4v) is 2.91. The second kappa shape index (κ2) is 11.1. The maximum absolute atomic E-state index is 12.2. The lowest BCUT2D eigenvalue weighted by Crippen LogP contribution is -2.14. The van der Waals surface area contributed by atoms with Gasteiger partial charge in [0.2, 0.25) is 11.8 Å². The van der Waals surface area contributed by atoms with Gasteiger partial charge >= 0.3 is 0 Å². The lowest BCUT2D eigenvalue weighted by molar-refractivity contribution is -0.118. The summed E-state index contributed by atoms with van der Waals surface area (Å²) in [6.45, 7) is 1.51. The van der Waals surface area contributed by atoms with Crippen LogP contribution >= 0.6 is 0 Å². The molecule has 2 N–H and O–H groups in total. The van der Waals surface area contributed by atoms with Crippen LogP contribution in [0.3, 0.4) is 0 Å². The van der Waals surface area contributed by atoms with Crippen molar-refractivity contribution < 1.29 is 23.8 Å². The Labute approximate surface area is 170 Å². The highest BCUT2D eigenvalue weighted by atomic mass is 16.5. The topological polar surface area (TPSA) is 85.9 Å². The Morgan fingerprint density at radius 2 is 1.07 bits per heavy atom. The van der Waals surface area contributed by atoms with E-state index < -0.39 is 0 Å². The van der Waals surface area contributed by atoms with Crippen molar-refractivity contribution in [2.24, 2.45) is 0 Å². The highest BCUT2D eigenvalue weighted by Gasteiger charge is 2.10. The standard InChI is InChI=1S/C22H26N2O5/c25-21-11-5-6-12-22(26)24-18-8-2-4-10-20(18)29-16-14-27-13-15-28-19-9-3-1-7-17(19)23-21/h1-4,7-10H,5-6,11-16H2,(H,23,25)(H,24,26). The third kappa shape index (κ3) is 6.80. The molecule has 7 heteroatoms. The molecule has 0 radical (unpaired) electrons. The SMILES string of the molecule is O=C1CCCCC(=O)Nc2ccccc2OCCOCCOc2ccccc2N1. The van der Waals surface area contributed by atoms with Crippen LogP contribution in [0.2, 0.25) is 0 Å². The first kappa shape index (κ1) is 20.7. The van der Waals surface area contributed by atoms with E-state index in [1.54, 1.807) is 12.1 Å². The first-order valence-electron chi connectivity index (χ1n) is 9.83. The first-order valence-corrected chi connectivity index (χ1v) is 9.83. The van der Waals surface area contributed by atoms with Crippen LogP contribution in [0.25, 0.3) is 0 Å². The number of nitrogens with one attached hydrogen (secondary N) is 2. The molecular formula is C22H26N2O5. The van der Waals surface area contributed by atoms with E-state index in [9.17, 15) is 9.59 Å². The molecular weight excluding hydrogens is 372 g/mol. The number of carbonyl (C=O) groups excluding carboxylic acids is 2. The Kier molecular flexibility index (Phi) is 7.89. The second-order valence-electron chi connectivity index (χ2n) is 6.61. The minimum Gasteiger partial charge on any atom is -0.489 e. The largest absolute Gasteiger partial charge is 0.489 e. The predicted molar refractivity (Wildman–Crippen MR) is 110 cm³/mol. The lowest BCUT2D eigenvalue weighted by Gasteiger charge is -2.13. The summed E-state index contributed by atoms with van der Waals surface area (Å²) in [7, 11) is 0. The van der Waals surface area contributed by atoms with Crippen molar-refractivity contribution in [2.75, 3.05) is 37.1 Å². The van der Waals surface area contributed by atoms with Gasteiger partial charge in [0.15, 0.2) is 0 Å². The van der Waals surface area contributed by atoms with Crippen LogP contribution in [-0.4, -0.2) is 38.2 Å². The predicted octanol–water partition coefficient (Wildman–Crippen LogP) is 3.61. The number of hydrogen-bond donors (Lipinski definition) is 2. The van der Waals surface area contributed by atoms with E-state index in [-0.39, 0.29) is 11.8 Å². The van der Waals surface area contributed by atoms with E-state index in [4.69, 9.17) is 14.2 Å². The summed E-state index contributed by atoms with van der Waals surface area (Å²) in [5.41, 5.74) is 1.26. The van der Waals surface area contributed by atoms with Crippen LogP contribution in [0.1, 0.15) is 25.7 Å². The molecule has 3 rings (SSSR count). The number of amides is 2. The average Bonchev–Trinajstić information content (AvgIpc) is 2.72. The van der Waals surface area contributed by atoms with Crippen LogP contribution in [0.4, 0.5) is 11.4 Å². The fourth-order valence-electron chi connectivity index (χ4n) is 2.91. The minimum atomic E-state index is -0.102. The smallest absolute Gasteiger partial charge is 0.224 e. The van der Waals surface area contributed by atoms with Gasteiger partial charge in [-0.2, -0.15) is 0 Å². The maximum atomic E-state index is 12.2. The number of para-hydroxylation sites is 4. The Morgan fingerprint density at radius 1 is 0.621 bits per heavy atom. The van der Waals surface area contributed by atoms with Gasteiger partial charge in [0.1, 0.15) is 24.7 Å². The summed E-state index contributed by atoms with van der Waals surface area (Å²) in [5.74, 6) is 1.00. The van der Waals surface area contributed by atoms with Gasteiger partial charge in [0.25, 0.3) is 0 Å². The van der Waals surface area contributed by atoms with Gasteiger partial charge in [-0.05, 0) is 37.1 Å². The van der Waals surface area contributed by atoms with Crippen molar-refractivity contribution in [1.29, 1.82) is 0 Å². The molecule has 154 valence electrons. The Bertz CT molecular complexity index is 757. The van der Waals surface area contributed by atoms with Gasteiger partial charge < -0.3 is 24.8 Å². The van der Waals surface area contributed by atoms with E-state index in [0.29, 0.717) is 75.0 Å². The Hall–Kier alpha value is -3.06. The molecule has 1 aliphatic rings. The van der Waals surface area contributed by atoms with Gasteiger partial charge in [0.05, 0.1) is 24.6 Å². The number of hydrogen-bond acceptors (Lipinski definition) is 5. The maximum Gasteiger partial charge on any atom is 0.224 e. The minimum absolute atomic E-state index is 0.102. The molecule has 29 heavy (non-hydrogen) atoms. The van der Waals surface area contributed by atoms with Crippen molar-refractivity contribution in [3.05, 3.63) is 48.5 Å². The third-order valence-corrected chi connectivity index (χ3v) is 4.35. The van der Waals surface area contributed by atoms with Gasteiger partial charge in [-0.1, -0.05) is 24.3 Å². The molecule has 7 nitrogen and oxygen atoms in total. The monoisotopic (exact) mass is 398 g/mol. The van der Waals surface area contributed by atoms with Crippen molar-refractivity contribution >= 4 is 23.2 Å². The summed E-state index contributed by atoms with van der Waals surface area (Å²) in [6.07, 6.45) is 1.91. The third-order valence-electron chi connectivity index (χ3n) is 4.35. The summed E-state index contributed by atoms with van der Waals surface area (Å²) < 4.78 is 17.0. The number of ether oxygens (including phenoxy) is 3. The highest BCUT2D eigenvalue weighted by Crippen LogP contribution is 2.25. The molecule has 2 amide bonds. The van der Waals surface area contributed by atoms with Crippen molar-refractivity contribution in [2.45, 2.75) is 25.7 Å². The number of carbonyl (C=O) groups is 2. The van der Waals surface area contributed by atoms with Crippen LogP contribution in [0, 0.1) is 0 Å². The van der Waals surface area contributed by atoms with Gasteiger partial charge in [-0.15, -0.1) is 0 Å². The van der Waals surface area contributed by atoms with Crippen LogP contribution < -0.4 is 20.1 Å². The molecule has 0 fully saturated rings. The molecule has 1 heterocycles. The molecule has 0 atom stereocenters. The Morgan fingerprint density at radius 3 is 1.55 bits per heavy atom. The number of rotatable bonds is 0. The van der Waals surface area contributed by atoms with Crippen LogP contribution in [0.5, 0.6) is 11.5 Å². The van der Waals surface area contributed by atoms with Crippen molar-refractivity contribution in [1.82, 2.24) is 0 Å². The molecule has 1 aliphatic heterocycles. The van der Waals surface area contributed by atoms with Gasteiger partial charge in [-0.3, -0.25) is 9.59 Å².